The lowest BCUT2D eigenvalue weighted by molar-refractivity contribution is 0.0425. The van der Waals surface area contributed by atoms with Crippen molar-refractivity contribution in [1.29, 1.82) is 0 Å². The van der Waals surface area contributed by atoms with Crippen LogP contribution in [0.3, 0.4) is 0 Å². The van der Waals surface area contributed by atoms with Gasteiger partial charge in [-0.1, -0.05) is 127 Å². The van der Waals surface area contributed by atoms with Gasteiger partial charge in [0.1, 0.15) is 23.0 Å². The van der Waals surface area contributed by atoms with Crippen LogP contribution in [0.25, 0.3) is 11.0 Å². The lowest BCUT2D eigenvalue weighted by Gasteiger charge is -2.34. The molecule has 7 rings (SSSR count). The van der Waals surface area contributed by atoms with Crippen molar-refractivity contribution in [2.75, 3.05) is 6.61 Å². The number of fused-ring (bicyclic) bond motifs is 1. The smallest absolute Gasteiger partial charge is 0.194 e. The van der Waals surface area contributed by atoms with Crippen molar-refractivity contribution in [2.45, 2.75) is 50.5 Å². The van der Waals surface area contributed by atoms with Crippen LogP contribution in [0.15, 0.2) is 97.1 Å². The molecule has 2 aromatic heterocycles. The third-order valence-electron chi connectivity index (χ3n) is 9.05. The minimum Gasteiger partial charge on any atom is -0.489 e. The van der Waals surface area contributed by atoms with Crippen molar-refractivity contribution < 1.29 is 14.9 Å². The molecule has 0 bridgehead atoms. The van der Waals surface area contributed by atoms with Gasteiger partial charge in [-0.25, -0.2) is 4.98 Å². The summed E-state index contributed by atoms with van der Waals surface area (Å²) in [5.74, 6) is 1.10. The Bertz CT molecular complexity index is 1870. The second kappa shape index (κ2) is 13.4. The maximum absolute atomic E-state index is 10.5. The molecule has 2 heterocycles. The maximum Gasteiger partial charge on any atom is 0.194 e. The molecule has 47 heavy (non-hydrogen) atoms. The Balaban J connectivity index is 1.31. The van der Waals surface area contributed by atoms with Gasteiger partial charge in [0.15, 0.2) is 17.1 Å². The quantitative estimate of drug-likeness (QED) is 0.157. The molecule has 0 radical (unpaired) electrons. The minimum atomic E-state index is -0.923. The number of halogens is 2. The van der Waals surface area contributed by atoms with Crippen LogP contribution in [0.2, 0.25) is 10.0 Å². The summed E-state index contributed by atoms with van der Waals surface area (Å²) in [7, 11) is 0. The third-order valence-corrected chi connectivity index (χ3v) is 9.82. The van der Waals surface area contributed by atoms with Crippen molar-refractivity contribution in [3.8, 4) is 5.75 Å². The second-order valence-electron chi connectivity index (χ2n) is 11.9. The monoisotopic (exact) mass is 668 g/mol. The lowest BCUT2D eigenvalue weighted by Crippen LogP contribution is -2.39. The fourth-order valence-electron chi connectivity index (χ4n) is 6.70. The fourth-order valence-corrected chi connectivity index (χ4v) is 7.09. The molecule has 2 atom stereocenters. The van der Waals surface area contributed by atoms with E-state index in [9.17, 15) is 10.2 Å². The van der Waals surface area contributed by atoms with Gasteiger partial charge in [0.25, 0.3) is 0 Å². The first kappa shape index (κ1) is 31.3. The number of ether oxygens (including phenoxy) is 1. The molecule has 11 heteroatoms. The normalized spacial score (nSPS) is 16.9. The average molecular weight is 670 g/mol. The molecule has 1 fully saturated rings. The molecular formula is C36H34Cl2N6O3. The molecule has 9 nitrogen and oxygen atoms in total. The SMILES string of the molecule is OCc1nc2c(OC[C@H]3CCCC[C@@H]3O)c(Cl)c(Cl)cc2n1Cc1nnn(C(c2ccccc2)(c2ccccc2)c2ccccc2)n1. The number of aliphatic hydroxyl groups excluding tert-OH is 2. The van der Waals surface area contributed by atoms with E-state index in [1.54, 1.807) is 15.4 Å². The number of hydrogen-bond acceptors (Lipinski definition) is 7. The van der Waals surface area contributed by atoms with Crippen LogP contribution in [0.4, 0.5) is 0 Å². The number of aliphatic hydroxyl groups is 2. The summed E-state index contributed by atoms with van der Waals surface area (Å²) in [6.45, 7) is 0.0917. The highest BCUT2D eigenvalue weighted by Crippen LogP contribution is 2.41. The standard InChI is InChI=1S/C36H34Cl2N6O3/c37-28-20-29-34(35(33(28)38)47-23-24-12-10-11-19-30(24)46)39-32(22-45)43(29)21-31-40-42-44(41-31)36(25-13-4-1-5-14-25,26-15-6-2-7-16-26)27-17-8-3-9-18-27/h1-9,13-18,20,24,30,45-46H,10-12,19,21-23H2/t24-,30+/m1/s1. The summed E-state index contributed by atoms with van der Waals surface area (Å²) in [6, 6.07) is 32.1. The van der Waals surface area contributed by atoms with Gasteiger partial charge in [0.05, 0.1) is 29.8 Å². The summed E-state index contributed by atoms with van der Waals surface area (Å²) in [4.78, 5) is 6.37. The molecular weight excluding hydrogens is 635 g/mol. The van der Waals surface area contributed by atoms with Crippen molar-refractivity contribution in [3.05, 3.63) is 135 Å². The number of nitrogens with zero attached hydrogens (tertiary/aromatic N) is 6. The number of tetrazole rings is 1. The highest BCUT2D eigenvalue weighted by molar-refractivity contribution is 6.44. The molecule has 0 aliphatic heterocycles. The zero-order valence-electron chi connectivity index (χ0n) is 25.6. The van der Waals surface area contributed by atoms with Crippen LogP contribution >= 0.6 is 23.2 Å². The van der Waals surface area contributed by atoms with Gasteiger partial charge in [0, 0.05) is 5.92 Å². The topological polar surface area (TPSA) is 111 Å². The zero-order valence-corrected chi connectivity index (χ0v) is 27.1. The molecule has 6 aromatic rings. The van der Waals surface area contributed by atoms with Crippen LogP contribution in [-0.4, -0.2) is 52.7 Å². The first-order chi connectivity index (χ1) is 23.0. The third kappa shape index (κ3) is 5.78. The Morgan fingerprint density at radius 2 is 1.45 bits per heavy atom. The van der Waals surface area contributed by atoms with Gasteiger partial charge in [-0.3, -0.25) is 0 Å². The van der Waals surface area contributed by atoms with E-state index in [0.29, 0.717) is 28.4 Å². The van der Waals surface area contributed by atoms with Gasteiger partial charge >= 0.3 is 0 Å². The van der Waals surface area contributed by atoms with E-state index in [0.717, 1.165) is 42.4 Å². The maximum atomic E-state index is 10.5. The first-order valence-corrected chi connectivity index (χ1v) is 16.5. The van der Waals surface area contributed by atoms with Crippen LogP contribution in [0.5, 0.6) is 5.75 Å². The molecule has 4 aromatic carbocycles. The molecule has 0 unspecified atom stereocenters. The molecule has 1 saturated carbocycles. The van der Waals surface area contributed by atoms with E-state index in [-0.39, 0.29) is 35.7 Å². The van der Waals surface area contributed by atoms with E-state index in [4.69, 9.17) is 38.0 Å². The van der Waals surface area contributed by atoms with Gasteiger partial charge in [-0.05, 0) is 40.8 Å². The molecule has 0 saturated heterocycles. The summed E-state index contributed by atoms with van der Waals surface area (Å²) < 4.78 is 8.02. The average Bonchev–Trinajstić information content (AvgIpc) is 3.72. The highest BCUT2D eigenvalue weighted by Gasteiger charge is 2.41. The Hall–Kier alpha value is -4.28. The number of hydrogen-bond donors (Lipinski definition) is 2. The Labute approximate surface area is 282 Å². The number of benzene rings is 4. The van der Waals surface area contributed by atoms with Gasteiger partial charge in [0.2, 0.25) is 0 Å². The van der Waals surface area contributed by atoms with Crippen molar-refractivity contribution >= 4 is 34.2 Å². The van der Waals surface area contributed by atoms with E-state index in [1.807, 2.05) is 54.6 Å². The molecule has 1 aliphatic carbocycles. The molecule has 0 spiro atoms. The van der Waals surface area contributed by atoms with E-state index in [2.05, 4.69) is 46.7 Å². The predicted octanol–water partition coefficient (Wildman–Crippen LogP) is 6.64. The molecule has 1 aliphatic rings. The number of rotatable bonds is 10. The van der Waals surface area contributed by atoms with E-state index in [1.165, 1.54) is 0 Å². The van der Waals surface area contributed by atoms with Crippen molar-refractivity contribution in [3.63, 3.8) is 0 Å². The number of aromatic nitrogens is 6. The number of imidazole rings is 1. The molecule has 0 amide bonds. The van der Waals surface area contributed by atoms with E-state index >= 15 is 0 Å². The zero-order chi connectivity index (χ0) is 32.4. The summed E-state index contributed by atoms with van der Waals surface area (Å²) >= 11 is 13.3. The largest absolute Gasteiger partial charge is 0.489 e. The van der Waals surface area contributed by atoms with Gasteiger partial charge in [-0.15, -0.1) is 15.0 Å². The van der Waals surface area contributed by atoms with Gasteiger partial charge < -0.3 is 19.5 Å². The highest BCUT2D eigenvalue weighted by atomic mass is 35.5. The van der Waals surface area contributed by atoms with Crippen molar-refractivity contribution in [1.82, 2.24) is 29.8 Å². The molecule has 2 N–H and O–H groups in total. The van der Waals surface area contributed by atoms with Crippen LogP contribution in [0, 0.1) is 5.92 Å². The van der Waals surface area contributed by atoms with Crippen LogP contribution < -0.4 is 4.74 Å². The second-order valence-corrected chi connectivity index (χ2v) is 12.7. The Morgan fingerprint density at radius 1 is 0.851 bits per heavy atom. The lowest BCUT2D eigenvalue weighted by atomic mass is 9.77. The van der Waals surface area contributed by atoms with Gasteiger partial charge in [-0.2, -0.15) is 0 Å². The summed E-state index contributed by atoms with van der Waals surface area (Å²) in [5, 5.41) is 35.6. The minimum absolute atomic E-state index is 0.00778. The van der Waals surface area contributed by atoms with Crippen molar-refractivity contribution in [2.24, 2.45) is 5.92 Å². The van der Waals surface area contributed by atoms with E-state index < -0.39 is 11.6 Å². The fraction of sp³-hybridized carbons (Fsp3) is 0.278. The predicted molar refractivity (Wildman–Crippen MR) is 181 cm³/mol. The summed E-state index contributed by atoms with van der Waals surface area (Å²) in [5.41, 5.74) is 3.06. The summed E-state index contributed by atoms with van der Waals surface area (Å²) in [6.07, 6.45) is 3.25. The van der Waals surface area contributed by atoms with Crippen LogP contribution in [0.1, 0.15) is 54.0 Å². The first-order valence-electron chi connectivity index (χ1n) is 15.8. The Kier molecular flexibility index (Phi) is 8.96. The van der Waals surface area contributed by atoms with Crippen LogP contribution in [-0.2, 0) is 18.7 Å². The Morgan fingerprint density at radius 3 is 2.02 bits per heavy atom. The molecule has 240 valence electrons.